The van der Waals surface area contributed by atoms with E-state index in [2.05, 4.69) is 25.3 Å². The van der Waals surface area contributed by atoms with Crippen molar-refractivity contribution in [1.29, 1.82) is 0 Å². The molecule has 3 atom stereocenters. The maximum Gasteiger partial charge on any atom is 0.183 e. The lowest BCUT2D eigenvalue weighted by atomic mass is 9.86. The number of aliphatic hydroxyl groups is 1. The van der Waals surface area contributed by atoms with E-state index >= 15 is 0 Å². The summed E-state index contributed by atoms with van der Waals surface area (Å²) < 4.78 is -0.741. The second-order valence-corrected chi connectivity index (χ2v) is 6.46. The molecular formula is C9H14OS3. The fraction of sp³-hybridized carbons (Fsp3) is 0.889. The first-order valence-corrected chi connectivity index (χ1v) is 6.00. The molecule has 0 spiro atoms. The van der Waals surface area contributed by atoms with Gasteiger partial charge in [-0.15, -0.1) is 0 Å². The van der Waals surface area contributed by atoms with Crippen LogP contribution in [-0.4, -0.2) is 14.2 Å². The van der Waals surface area contributed by atoms with E-state index in [-0.39, 0.29) is 5.05 Å². The molecule has 2 aliphatic carbocycles. The van der Waals surface area contributed by atoms with Crippen LogP contribution in [0.4, 0.5) is 0 Å². The van der Waals surface area contributed by atoms with Crippen LogP contribution in [0, 0.1) is 17.8 Å². The highest BCUT2D eigenvalue weighted by molar-refractivity contribution is 8.03. The predicted molar refractivity (Wildman–Crippen MR) is 64.9 cm³/mol. The van der Waals surface area contributed by atoms with Crippen LogP contribution >= 0.6 is 37.5 Å². The fourth-order valence-corrected chi connectivity index (χ4v) is 3.68. The molecule has 13 heavy (non-hydrogen) atoms. The number of fused-ring (bicyclic) bond motifs is 2. The first kappa shape index (κ1) is 10.1. The zero-order chi connectivity index (χ0) is 9.64. The first-order chi connectivity index (χ1) is 6.01. The summed E-state index contributed by atoms with van der Waals surface area (Å²) in [5, 5.41) is 9.29. The van der Waals surface area contributed by atoms with Crippen molar-refractivity contribution < 1.29 is 5.11 Å². The number of hydrogen-bond acceptors (Lipinski definition) is 3. The smallest absolute Gasteiger partial charge is 0.183 e. The van der Waals surface area contributed by atoms with Gasteiger partial charge in [-0.2, -0.15) is 25.3 Å². The van der Waals surface area contributed by atoms with Crippen LogP contribution in [0.3, 0.4) is 0 Å². The topological polar surface area (TPSA) is 20.2 Å². The van der Waals surface area contributed by atoms with E-state index < -0.39 is 4.08 Å². The summed E-state index contributed by atoms with van der Waals surface area (Å²) in [4.78, 5) is 0. The van der Waals surface area contributed by atoms with Crippen molar-refractivity contribution in [1.82, 2.24) is 0 Å². The van der Waals surface area contributed by atoms with Crippen molar-refractivity contribution >= 4 is 42.5 Å². The highest BCUT2D eigenvalue weighted by Crippen LogP contribution is 2.54. The van der Waals surface area contributed by atoms with E-state index in [9.17, 15) is 5.11 Å². The molecule has 74 valence electrons. The van der Waals surface area contributed by atoms with Crippen molar-refractivity contribution in [3.05, 3.63) is 0 Å². The minimum absolute atomic E-state index is 0.0586. The Hall–Kier alpha value is 0.590. The Labute approximate surface area is 95.1 Å². The molecule has 0 aliphatic heterocycles. The SMILES string of the molecule is OC(=S)C(S)(S)C1CC2CCC1C2. The normalized spacial score (nSPS) is 38.2. The van der Waals surface area contributed by atoms with Crippen molar-refractivity contribution in [3.63, 3.8) is 0 Å². The Balaban J connectivity index is 2.14. The molecule has 0 radical (unpaired) electrons. The van der Waals surface area contributed by atoms with Crippen molar-refractivity contribution in [3.8, 4) is 0 Å². The van der Waals surface area contributed by atoms with Gasteiger partial charge >= 0.3 is 0 Å². The molecule has 0 amide bonds. The molecule has 3 unspecified atom stereocenters. The summed E-state index contributed by atoms with van der Waals surface area (Å²) in [6, 6.07) is 0. The van der Waals surface area contributed by atoms with Gasteiger partial charge in [-0.05, 0) is 49.2 Å². The van der Waals surface area contributed by atoms with E-state index in [4.69, 9.17) is 12.2 Å². The van der Waals surface area contributed by atoms with Crippen LogP contribution in [0.25, 0.3) is 0 Å². The number of rotatable bonds is 2. The predicted octanol–water partition coefficient (Wildman–Crippen LogP) is 2.86. The van der Waals surface area contributed by atoms with E-state index in [1.54, 1.807) is 0 Å². The third-order valence-corrected chi connectivity index (χ3v) is 5.28. The number of thiocarbonyl (C=S) groups is 1. The third kappa shape index (κ3) is 1.61. The lowest BCUT2D eigenvalue weighted by Gasteiger charge is -2.33. The Kier molecular flexibility index (Phi) is 2.58. The molecule has 1 N–H and O–H groups in total. The minimum atomic E-state index is -0.741. The van der Waals surface area contributed by atoms with E-state index in [1.807, 2.05) is 0 Å². The Morgan fingerprint density at radius 3 is 2.38 bits per heavy atom. The van der Waals surface area contributed by atoms with Gasteiger partial charge in [-0.1, -0.05) is 6.42 Å². The van der Waals surface area contributed by atoms with Gasteiger partial charge in [-0.25, -0.2) is 0 Å². The maximum absolute atomic E-state index is 9.35. The molecule has 1 nitrogen and oxygen atoms in total. The molecule has 2 aliphatic rings. The molecule has 2 fully saturated rings. The van der Waals surface area contributed by atoms with Gasteiger partial charge in [0.1, 0.15) is 4.08 Å². The van der Waals surface area contributed by atoms with Crippen LogP contribution in [0.5, 0.6) is 0 Å². The molecule has 4 heteroatoms. The monoisotopic (exact) mass is 234 g/mol. The van der Waals surface area contributed by atoms with Crippen molar-refractivity contribution in [2.24, 2.45) is 17.8 Å². The maximum atomic E-state index is 9.35. The molecule has 0 heterocycles. The zero-order valence-electron chi connectivity index (χ0n) is 7.31. The quantitative estimate of drug-likeness (QED) is 0.388. The first-order valence-electron chi connectivity index (χ1n) is 4.70. The number of hydrogen-bond donors (Lipinski definition) is 3. The fourth-order valence-electron chi connectivity index (χ4n) is 2.90. The van der Waals surface area contributed by atoms with E-state index in [1.165, 1.54) is 19.3 Å². The van der Waals surface area contributed by atoms with Crippen LogP contribution in [0.15, 0.2) is 0 Å². The molecule has 2 bridgehead atoms. The third-order valence-electron chi connectivity index (χ3n) is 3.57. The summed E-state index contributed by atoms with van der Waals surface area (Å²) in [5.74, 6) is 1.89. The van der Waals surface area contributed by atoms with Crippen molar-refractivity contribution in [2.75, 3.05) is 0 Å². The average molecular weight is 234 g/mol. The van der Waals surface area contributed by atoms with Gasteiger partial charge in [0.25, 0.3) is 0 Å². The van der Waals surface area contributed by atoms with Crippen LogP contribution < -0.4 is 0 Å². The Morgan fingerprint density at radius 2 is 2.00 bits per heavy atom. The largest absolute Gasteiger partial charge is 0.500 e. The molecule has 2 saturated carbocycles. The van der Waals surface area contributed by atoms with Gasteiger partial charge in [0, 0.05) is 0 Å². The summed E-state index contributed by atoms with van der Waals surface area (Å²) in [6.07, 6.45) is 5.03. The van der Waals surface area contributed by atoms with E-state index in [0.717, 1.165) is 12.3 Å². The summed E-state index contributed by atoms with van der Waals surface area (Å²) in [7, 11) is 0. The molecular weight excluding hydrogens is 220 g/mol. The lowest BCUT2D eigenvalue weighted by Crippen LogP contribution is -2.37. The van der Waals surface area contributed by atoms with Crippen LogP contribution in [-0.2, 0) is 0 Å². The average Bonchev–Trinajstić information content (AvgIpc) is 2.63. The highest BCUT2D eigenvalue weighted by atomic mass is 32.2. The van der Waals surface area contributed by atoms with Crippen LogP contribution in [0.2, 0.25) is 0 Å². The van der Waals surface area contributed by atoms with Gasteiger partial charge < -0.3 is 5.11 Å². The molecule has 0 aromatic carbocycles. The van der Waals surface area contributed by atoms with Crippen molar-refractivity contribution in [2.45, 2.75) is 29.8 Å². The summed E-state index contributed by atoms with van der Waals surface area (Å²) in [6.45, 7) is 0. The Morgan fingerprint density at radius 1 is 1.31 bits per heavy atom. The second-order valence-electron chi connectivity index (χ2n) is 4.31. The molecule has 0 aromatic rings. The number of thiol groups is 2. The minimum Gasteiger partial charge on any atom is -0.500 e. The van der Waals surface area contributed by atoms with Gasteiger partial charge in [0.15, 0.2) is 5.05 Å². The standard InChI is InChI=1S/C9H14OS3/c10-8(11)9(12,13)7-4-5-1-2-6(7)3-5/h5-7,12-13H,1-4H2,(H,10,11). The molecule has 0 saturated heterocycles. The van der Waals surface area contributed by atoms with Gasteiger partial charge in [0.2, 0.25) is 0 Å². The molecule has 0 aromatic heterocycles. The van der Waals surface area contributed by atoms with Crippen LogP contribution in [0.1, 0.15) is 25.7 Å². The second kappa shape index (κ2) is 3.31. The lowest BCUT2D eigenvalue weighted by molar-refractivity contribution is 0.327. The van der Waals surface area contributed by atoms with E-state index in [0.29, 0.717) is 11.8 Å². The zero-order valence-corrected chi connectivity index (χ0v) is 9.92. The molecule has 2 rings (SSSR count). The summed E-state index contributed by atoms with van der Waals surface area (Å²) in [5.41, 5.74) is 0. The van der Waals surface area contributed by atoms with Gasteiger partial charge in [-0.3, -0.25) is 0 Å². The summed E-state index contributed by atoms with van der Waals surface area (Å²) >= 11 is 13.6. The number of aliphatic hydroxyl groups excluding tert-OH is 1. The Bertz CT molecular complexity index is 239. The van der Waals surface area contributed by atoms with Gasteiger partial charge in [0.05, 0.1) is 0 Å². The highest BCUT2D eigenvalue weighted by Gasteiger charge is 2.49.